The first-order valence-electron chi connectivity index (χ1n) is 7.60. The van der Waals surface area contributed by atoms with E-state index in [9.17, 15) is 9.59 Å². The molecule has 1 saturated carbocycles. The molecule has 1 aliphatic carbocycles. The number of carbonyl (C=O) groups excluding carboxylic acids is 1. The van der Waals surface area contributed by atoms with E-state index in [-0.39, 0.29) is 11.5 Å². The molecule has 0 radical (unpaired) electrons. The molecule has 0 spiro atoms. The molecule has 1 aliphatic rings. The lowest BCUT2D eigenvalue weighted by Gasteiger charge is -2.22. The molecule has 1 fully saturated rings. The first kappa shape index (κ1) is 13.9. The summed E-state index contributed by atoms with van der Waals surface area (Å²) in [7, 11) is 0. The number of carbonyl (C=O) groups is 1. The van der Waals surface area contributed by atoms with Gasteiger partial charge in [0.05, 0.1) is 5.56 Å². The van der Waals surface area contributed by atoms with E-state index in [0.717, 1.165) is 30.4 Å². The van der Waals surface area contributed by atoms with Crippen LogP contribution in [0.4, 0.5) is 0 Å². The molecule has 1 N–H and O–H groups in total. The van der Waals surface area contributed by atoms with E-state index >= 15 is 0 Å². The molecule has 0 bridgehead atoms. The molecular formula is C17H20N2O2. The van der Waals surface area contributed by atoms with Gasteiger partial charge in [-0.05, 0) is 31.2 Å². The van der Waals surface area contributed by atoms with Crippen molar-refractivity contribution in [1.29, 1.82) is 0 Å². The van der Waals surface area contributed by atoms with Crippen molar-refractivity contribution in [3.63, 3.8) is 0 Å². The van der Waals surface area contributed by atoms with Crippen molar-refractivity contribution in [3.8, 4) is 0 Å². The van der Waals surface area contributed by atoms with Crippen molar-refractivity contribution < 1.29 is 4.79 Å². The zero-order valence-electron chi connectivity index (χ0n) is 12.3. The lowest BCUT2D eigenvalue weighted by molar-refractivity contribution is 0.0749. The van der Waals surface area contributed by atoms with Gasteiger partial charge in [-0.2, -0.15) is 0 Å². The predicted molar refractivity (Wildman–Crippen MR) is 83.5 cm³/mol. The average molecular weight is 284 g/mol. The van der Waals surface area contributed by atoms with Crippen LogP contribution in [0.5, 0.6) is 0 Å². The van der Waals surface area contributed by atoms with Crippen LogP contribution < -0.4 is 5.56 Å². The number of rotatable bonds is 5. The summed E-state index contributed by atoms with van der Waals surface area (Å²) in [5.74, 6) is 0.625. The van der Waals surface area contributed by atoms with Gasteiger partial charge in [-0.15, -0.1) is 0 Å². The van der Waals surface area contributed by atoms with Gasteiger partial charge < -0.3 is 9.88 Å². The molecular weight excluding hydrogens is 264 g/mol. The number of aromatic amines is 1. The van der Waals surface area contributed by atoms with Gasteiger partial charge in [0.15, 0.2) is 0 Å². The molecule has 0 unspecified atom stereocenters. The molecule has 4 nitrogen and oxygen atoms in total. The zero-order chi connectivity index (χ0) is 14.8. The van der Waals surface area contributed by atoms with E-state index in [1.807, 2.05) is 29.2 Å². The maximum Gasteiger partial charge on any atom is 0.254 e. The van der Waals surface area contributed by atoms with Crippen LogP contribution >= 0.6 is 0 Å². The zero-order valence-corrected chi connectivity index (χ0v) is 12.3. The summed E-state index contributed by atoms with van der Waals surface area (Å²) in [5, 5.41) is 0.819. The lowest BCUT2D eigenvalue weighted by Crippen LogP contribution is -2.34. The number of benzene rings is 1. The Kier molecular flexibility index (Phi) is 3.78. The minimum atomic E-state index is -0.222. The molecule has 0 saturated heterocycles. The molecule has 0 atom stereocenters. The van der Waals surface area contributed by atoms with Crippen molar-refractivity contribution in [1.82, 2.24) is 9.88 Å². The van der Waals surface area contributed by atoms with Crippen molar-refractivity contribution in [2.24, 2.45) is 5.92 Å². The van der Waals surface area contributed by atoms with Crippen molar-refractivity contribution in [2.75, 3.05) is 13.1 Å². The number of nitrogens with zero attached hydrogens (tertiary/aromatic N) is 1. The van der Waals surface area contributed by atoms with Crippen LogP contribution in [0.2, 0.25) is 0 Å². The van der Waals surface area contributed by atoms with Crippen LogP contribution in [0, 0.1) is 5.92 Å². The van der Waals surface area contributed by atoms with Crippen molar-refractivity contribution >= 4 is 16.8 Å². The topological polar surface area (TPSA) is 53.2 Å². The Hall–Kier alpha value is -2.10. The summed E-state index contributed by atoms with van der Waals surface area (Å²) in [5.41, 5.74) is 1.01. The van der Waals surface area contributed by atoms with Crippen LogP contribution in [-0.2, 0) is 0 Å². The highest BCUT2D eigenvalue weighted by Crippen LogP contribution is 2.30. The molecule has 1 heterocycles. The Bertz CT molecular complexity index is 716. The average Bonchev–Trinajstić information content (AvgIpc) is 3.29. The third kappa shape index (κ3) is 2.99. The molecule has 1 aromatic heterocycles. The Balaban J connectivity index is 2.00. The van der Waals surface area contributed by atoms with E-state index in [1.165, 1.54) is 18.9 Å². The molecule has 110 valence electrons. The number of hydrogen-bond acceptors (Lipinski definition) is 2. The fourth-order valence-corrected chi connectivity index (χ4v) is 2.71. The highest BCUT2D eigenvalue weighted by Gasteiger charge is 2.27. The van der Waals surface area contributed by atoms with E-state index in [4.69, 9.17) is 0 Å². The van der Waals surface area contributed by atoms with Gasteiger partial charge in [0.1, 0.15) is 0 Å². The van der Waals surface area contributed by atoms with Crippen molar-refractivity contribution in [3.05, 3.63) is 46.2 Å². The van der Waals surface area contributed by atoms with Gasteiger partial charge >= 0.3 is 0 Å². The fraction of sp³-hybridized carbons (Fsp3) is 0.412. The normalized spacial score (nSPS) is 14.3. The van der Waals surface area contributed by atoms with E-state index < -0.39 is 0 Å². The monoisotopic (exact) mass is 284 g/mol. The molecule has 3 rings (SSSR count). The highest BCUT2D eigenvalue weighted by atomic mass is 16.2. The summed E-state index contributed by atoms with van der Waals surface area (Å²) >= 11 is 0. The summed E-state index contributed by atoms with van der Waals surface area (Å²) in [6.45, 7) is 3.63. The maximum absolute atomic E-state index is 12.8. The quantitative estimate of drug-likeness (QED) is 0.918. The van der Waals surface area contributed by atoms with Crippen LogP contribution in [0.15, 0.2) is 35.1 Å². The second kappa shape index (κ2) is 5.72. The van der Waals surface area contributed by atoms with E-state index in [0.29, 0.717) is 11.5 Å². The van der Waals surface area contributed by atoms with Crippen molar-refractivity contribution in [2.45, 2.75) is 26.2 Å². The van der Waals surface area contributed by atoms with E-state index in [1.54, 1.807) is 0 Å². The lowest BCUT2D eigenvalue weighted by atomic mass is 10.1. The first-order valence-corrected chi connectivity index (χ1v) is 7.60. The third-order valence-corrected chi connectivity index (χ3v) is 3.94. The minimum Gasteiger partial charge on any atom is -0.338 e. The van der Waals surface area contributed by atoms with Gasteiger partial charge in [0.25, 0.3) is 5.91 Å². The van der Waals surface area contributed by atoms with Crippen LogP contribution in [0.1, 0.15) is 36.5 Å². The first-order chi connectivity index (χ1) is 10.2. The highest BCUT2D eigenvalue weighted by molar-refractivity contribution is 6.05. The third-order valence-electron chi connectivity index (χ3n) is 3.94. The molecule has 1 aromatic carbocycles. The van der Waals surface area contributed by atoms with Crippen LogP contribution in [0.3, 0.4) is 0 Å². The summed E-state index contributed by atoms with van der Waals surface area (Å²) in [6.07, 6.45) is 3.35. The van der Waals surface area contributed by atoms with Crippen LogP contribution in [-0.4, -0.2) is 28.9 Å². The fourth-order valence-electron chi connectivity index (χ4n) is 2.71. The van der Waals surface area contributed by atoms with Gasteiger partial charge in [0.2, 0.25) is 5.56 Å². The number of H-pyrrole nitrogens is 1. The van der Waals surface area contributed by atoms with E-state index in [2.05, 4.69) is 11.9 Å². The number of fused-ring (bicyclic) bond motifs is 1. The van der Waals surface area contributed by atoms with Gasteiger partial charge in [-0.3, -0.25) is 9.59 Å². The maximum atomic E-state index is 12.8. The van der Waals surface area contributed by atoms with Gasteiger partial charge in [-0.1, -0.05) is 25.1 Å². The van der Waals surface area contributed by atoms with Gasteiger partial charge in [0, 0.05) is 30.1 Å². The summed E-state index contributed by atoms with van der Waals surface area (Å²) < 4.78 is 0. The number of nitrogens with one attached hydrogen (secondary N) is 1. The number of amides is 1. The largest absolute Gasteiger partial charge is 0.338 e. The second-order valence-electron chi connectivity index (χ2n) is 5.79. The molecule has 0 aliphatic heterocycles. The second-order valence-corrected chi connectivity index (χ2v) is 5.79. The SMILES string of the molecule is CCCN(CC1CC1)C(=O)c1cc(=O)[nH]c2ccccc12. The smallest absolute Gasteiger partial charge is 0.254 e. The number of pyridine rings is 1. The minimum absolute atomic E-state index is 0.0222. The Morgan fingerprint density at radius 1 is 1.33 bits per heavy atom. The number of para-hydroxylation sites is 1. The molecule has 1 amide bonds. The number of aromatic nitrogens is 1. The standard InChI is InChI=1S/C17H20N2O2/c1-2-9-19(11-12-7-8-12)17(21)14-10-16(20)18-15-6-4-3-5-13(14)15/h3-6,10,12H,2,7-9,11H2,1H3,(H,18,20). The number of hydrogen-bond donors (Lipinski definition) is 1. The Morgan fingerprint density at radius 2 is 2.10 bits per heavy atom. The molecule has 4 heteroatoms. The summed E-state index contributed by atoms with van der Waals surface area (Å²) in [4.78, 5) is 29.3. The van der Waals surface area contributed by atoms with Crippen LogP contribution in [0.25, 0.3) is 10.9 Å². The summed E-state index contributed by atoms with van der Waals surface area (Å²) in [6, 6.07) is 8.90. The Labute approximate surface area is 123 Å². The Morgan fingerprint density at radius 3 is 2.81 bits per heavy atom. The van der Waals surface area contributed by atoms with Gasteiger partial charge in [-0.25, -0.2) is 0 Å². The molecule has 21 heavy (non-hydrogen) atoms. The molecule has 2 aromatic rings. The predicted octanol–water partition coefficient (Wildman–Crippen LogP) is 2.79.